The molecule has 0 aliphatic carbocycles. The maximum absolute atomic E-state index is 12.2. The first-order valence-electron chi connectivity index (χ1n) is 7.36. The lowest BCUT2D eigenvalue weighted by atomic mass is 9.96. The first-order valence-corrected chi connectivity index (χ1v) is 9.63. The molecule has 1 aliphatic rings. The van der Waals surface area contributed by atoms with Gasteiger partial charge in [0.25, 0.3) is 0 Å². The normalized spacial score (nSPS) is 14.6. The Morgan fingerprint density at radius 2 is 1.72 bits per heavy atom. The SMILES string of the molecule is COc1ccc(C2=C(c3ccc(S(C)(=O)=O)cc3)COC2=O)cc1Cl. The van der Waals surface area contributed by atoms with Crippen LogP contribution in [0.4, 0.5) is 0 Å². The van der Waals surface area contributed by atoms with Gasteiger partial charge in [-0.2, -0.15) is 0 Å². The van der Waals surface area contributed by atoms with Crippen molar-refractivity contribution in [3.05, 3.63) is 58.6 Å². The number of ether oxygens (including phenoxy) is 2. The van der Waals surface area contributed by atoms with E-state index in [1.807, 2.05) is 0 Å². The van der Waals surface area contributed by atoms with Gasteiger partial charge < -0.3 is 9.47 Å². The van der Waals surface area contributed by atoms with Gasteiger partial charge in [0.15, 0.2) is 9.84 Å². The summed E-state index contributed by atoms with van der Waals surface area (Å²) in [6.07, 6.45) is 1.15. The minimum absolute atomic E-state index is 0.121. The van der Waals surface area contributed by atoms with Gasteiger partial charge in [-0.05, 0) is 35.4 Å². The molecule has 0 aromatic heterocycles. The molecule has 5 nitrogen and oxygen atoms in total. The van der Waals surface area contributed by atoms with Gasteiger partial charge in [-0.1, -0.05) is 29.8 Å². The molecular weight excluding hydrogens is 364 g/mol. The smallest absolute Gasteiger partial charge is 0.339 e. The molecule has 1 heterocycles. The van der Waals surface area contributed by atoms with Gasteiger partial charge >= 0.3 is 5.97 Å². The lowest BCUT2D eigenvalue weighted by Gasteiger charge is -2.08. The highest BCUT2D eigenvalue weighted by atomic mass is 35.5. The monoisotopic (exact) mass is 378 g/mol. The van der Waals surface area contributed by atoms with Crippen LogP contribution in [0.25, 0.3) is 11.1 Å². The van der Waals surface area contributed by atoms with E-state index in [0.29, 0.717) is 27.5 Å². The van der Waals surface area contributed by atoms with Gasteiger partial charge in [-0.3, -0.25) is 0 Å². The molecule has 0 amide bonds. The number of hydrogen-bond acceptors (Lipinski definition) is 5. The van der Waals surface area contributed by atoms with E-state index in [4.69, 9.17) is 21.1 Å². The first-order chi connectivity index (χ1) is 11.8. The summed E-state index contributed by atoms with van der Waals surface area (Å²) in [7, 11) is -1.77. The minimum Gasteiger partial charge on any atom is -0.495 e. The highest BCUT2D eigenvalue weighted by Gasteiger charge is 2.27. The quantitative estimate of drug-likeness (QED) is 0.764. The molecule has 0 unspecified atom stereocenters. The number of methoxy groups -OCH3 is 1. The van der Waals surface area contributed by atoms with Crippen LogP contribution in [-0.4, -0.2) is 34.4 Å². The van der Waals surface area contributed by atoms with E-state index < -0.39 is 15.8 Å². The molecule has 0 atom stereocenters. The van der Waals surface area contributed by atoms with E-state index in [2.05, 4.69) is 0 Å². The molecule has 0 N–H and O–H groups in total. The molecule has 7 heteroatoms. The average molecular weight is 379 g/mol. The topological polar surface area (TPSA) is 69.7 Å². The molecule has 2 aromatic rings. The average Bonchev–Trinajstić information content (AvgIpc) is 2.95. The summed E-state index contributed by atoms with van der Waals surface area (Å²) in [6, 6.07) is 11.4. The van der Waals surface area contributed by atoms with Crippen LogP contribution >= 0.6 is 11.6 Å². The Balaban J connectivity index is 2.09. The van der Waals surface area contributed by atoms with Crippen LogP contribution in [0.3, 0.4) is 0 Å². The van der Waals surface area contributed by atoms with Crippen LogP contribution in [0.5, 0.6) is 5.75 Å². The number of carbonyl (C=O) groups excluding carboxylic acids is 1. The molecule has 0 saturated heterocycles. The van der Waals surface area contributed by atoms with E-state index >= 15 is 0 Å². The van der Waals surface area contributed by atoms with Crippen LogP contribution in [0.2, 0.25) is 5.02 Å². The molecule has 0 bridgehead atoms. The largest absolute Gasteiger partial charge is 0.495 e. The van der Waals surface area contributed by atoms with Crippen molar-refractivity contribution in [2.24, 2.45) is 0 Å². The van der Waals surface area contributed by atoms with Crippen LogP contribution in [0.1, 0.15) is 11.1 Å². The van der Waals surface area contributed by atoms with Crippen molar-refractivity contribution >= 4 is 38.6 Å². The summed E-state index contributed by atoms with van der Waals surface area (Å²) in [6.45, 7) is 0.121. The van der Waals surface area contributed by atoms with Gasteiger partial charge in [0.2, 0.25) is 0 Å². The molecule has 0 radical (unpaired) electrons. The Labute approximate surface area is 150 Å². The second-order valence-electron chi connectivity index (χ2n) is 5.58. The van der Waals surface area contributed by atoms with Crippen molar-refractivity contribution in [3.8, 4) is 5.75 Å². The van der Waals surface area contributed by atoms with Crippen molar-refractivity contribution < 1.29 is 22.7 Å². The van der Waals surface area contributed by atoms with Crippen LogP contribution < -0.4 is 4.74 Å². The molecule has 0 fully saturated rings. The minimum atomic E-state index is -3.28. The van der Waals surface area contributed by atoms with E-state index in [1.165, 1.54) is 19.2 Å². The van der Waals surface area contributed by atoms with Crippen molar-refractivity contribution in [2.75, 3.05) is 20.0 Å². The fourth-order valence-corrected chi connectivity index (χ4v) is 3.54. The molecule has 3 rings (SSSR count). The summed E-state index contributed by atoms with van der Waals surface area (Å²) >= 11 is 6.15. The molecule has 130 valence electrons. The molecule has 1 aliphatic heterocycles. The zero-order valence-electron chi connectivity index (χ0n) is 13.6. The lowest BCUT2D eigenvalue weighted by Crippen LogP contribution is -1.99. The van der Waals surface area contributed by atoms with Crippen molar-refractivity contribution in [1.82, 2.24) is 0 Å². The highest BCUT2D eigenvalue weighted by Crippen LogP contribution is 2.36. The maximum atomic E-state index is 12.2. The Hall–Kier alpha value is -2.31. The lowest BCUT2D eigenvalue weighted by molar-refractivity contribution is -0.133. The first kappa shape index (κ1) is 17.5. The standard InChI is InChI=1S/C18H15ClO5S/c1-23-16-8-5-12(9-15(16)19)17-14(10-24-18(17)20)11-3-6-13(7-4-11)25(2,21)22/h3-9H,10H2,1-2H3. The fourth-order valence-electron chi connectivity index (χ4n) is 2.65. The number of sulfone groups is 1. The van der Waals surface area contributed by atoms with Crippen molar-refractivity contribution in [3.63, 3.8) is 0 Å². The van der Waals surface area contributed by atoms with Gasteiger partial charge in [-0.15, -0.1) is 0 Å². The molecule has 0 saturated carbocycles. The zero-order valence-corrected chi connectivity index (χ0v) is 15.1. The number of rotatable bonds is 4. The third-order valence-electron chi connectivity index (χ3n) is 3.92. The van der Waals surface area contributed by atoms with E-state index in [0.717, 1.165) is 11.8 Å². The summed E-state index contributed by atoms with van der Waals surface area (Å²) in [5.41, 5.74) is 2.44. The van der Waals surface area contributed by atoms with Crippen molar-refractivity contribution in [1.29, 1.82) is 0 Å². The third-order valence-corrected chi connectivity index (χ3v) is 5.35. The summed E-state index contributed by atoms with van der Waals surface area (Å²) in [5, 5.41) is 0.388. The Morgan fingerprint density at radius 1 is 1.08 bits per heavy atom. The predicted octanol–water partition coefficient (Wildman–Crippen LogP) is 3.22. The number of carbonyl (C=O) groups is 1. The van der Waals surface area contributed by atoms with Gasteiger partial charge in [0.1, 0.15) is 12.4 Å². The van der Waals surface area contributed by atoms with Crippen LogP contribution in [0.15, 0.2) is 47.4 Å². The van der Waals surface area contributed by atoms with Gasteiger partial charge in [0, 0.05) is 11.8 Å². The summed E-state index contributed by atoms with van der Waals surface area (Å²) in [4.78, 5) is 12.4. The third kappa shape index (κ3) is 3.41. The maximum Gasteiger partial charge on any atom is 0.339 e. The predicted molar refractivity (Wildman–Crippen MR) is 95.3 cm³/mol. The number of benzene rings is 2. The molecule has 0 spiro atoms. The summed E-state index contributed by atoms with van der Waals surface area (Å²) in [5.74, 6) is 0.0693. The van der Waals surface area contributed by atoms with Crippen molar-refractivity contribution in [2.45, 2.75) is 4.90 Å². The highest BCUT2D eigenvalue weighted by molar-refractivity contribution is 7.90. The van der Waals surface area contributed by atoms with Crippen LogP contribution in [-0.2, 0) is 19.4 Å². The number of cyclic esters (lactones) is 1. The Morgan fingerprint density at radius 3 is 2.28 bits per heavy atom. The fraction of sp³-hybridized carbons (Fsp3) is 0.167. The van der Waals surface area contributed by atoms with E-state index in [9.17, 15) is 13.2 Å². The number of halogens is 1. The second-order valence-corrected chi connectivity index (χ2v) is 8.00. The Kier molecular flexibility index (Phi) is 4.58. The Bertz CT molecular complexity index is 975. The van der Waals surface area contributed by atoms with Gasteiger partial charge in [0.05, 0.1) is 22.6 Å². The number of esters is 1. The molecule has 2 aromatic carbocycles. The van der Waals surface area contributed by atoms with E-state index in [1.54, 1.807) is 30.3 Å². The van der Waals surface area contributed by atoms with Crippen LogP contribution in [0, 0.1) is 0 Å². The second kappa shape index (κ2) is 6.54. The molecular formula is C18H15ClO5S. The molecule has 25 heavy (non-hydrogen) atoms. The number of hydrogen-bond donors (Lipinski definition) is 0. The zero-order chi connectivity index (χ0) is 18.2. The summed E-state index contributed by atoms with van der Waals surface area (Å²) < 4.78 is 33.5. The van der Waals surface area contributed by atoms with Gasteiger partial charge in [-0.25, -0.2) is 13.2 Å². The van der Waals surface area contributed by atoms with E-state index in [-0.39, 0.29) is 11.5 Å².